The highest BCUT2D eigenvalue weighted by Crippen LogP contribution is 2.37. The Morgan fingerprint density at radius 2 is 1.72 bits per heavy atom. The Bertz CT molecular complexity index is 786. The van der Waals surface area contributed by atoms with E-state index in [1.54, 1.807) is 0 Å². The van der Waals surface area contributed by atoms with Crippen molar-refractivity contribution >= 4 is 38.7 Å². The van der Waals surface area contributed by atoms with Gasteiger partial charge in [-0.05, 0) is 55.3 Å². The van der Waals surface area contributed by atoms with E-state index >= 15 is 0 Å². The molecule has 1 unspecified atom stereocenters. The van der Waals surface area contributed by atoms with E-state index in [1.807, 2.05) is 4.45 Å². The molecule has 0 radical (unpaired) electrons. The van der Waals surface area contributed by atoms with E-state index in [1.165, 1.54) is 5.69 Å². The number of hydrogen-bond acceptors (Lipinski definition) is 5. The molecule has 1 aromatic heterocycles. The zero-order valence-electron chi connectivity index (χ0n) is 15.3. The highest BCUT2D eigenvalue weighted by atomic mass is 31.0. The molecule has 2 aliphatic rings. The summed E-state index contributed by atoms with van der Waals surface area (Å²) in [6.45, 7) is 11.6. The summed E-state index contributed by atoms with van der Waals surface area (Å²) in [6, 6.07) is 6.44. The molecule has 3 heterocycles. The third kappa shape index (κ3) is 2.87. The molecule has 6 nitrogen and oxygen atoms in total. The number of rotatable bonds is 2. The van der Waals surface area contributed by atoms with Crippen molar-refractivity contribution in [1.29, 1.82) is 0 Å². The smallest absolute Gasteiger partial charge is 0.398 e. The average Bonchev–Trinajstić information content (AvgIpc) is 3.01. The van der Waals surface area contributed by atoms with Crippen LogP contribution in [0.3, 0.4) is 0 Å². The molecule has 0 amide bonds. The van der Waals surface area contributed by atoms with Crippen LogP contribution in [0, 0.1) is 0 Å². The predicted molar refractivity (Wildman–Crippen MR) is 104 cm³/mol. The van der Waals surface area contributed by atoms with Gasteiger partial charge in [0.2, 0.25) is 0 Å². The van der Waals surface area contributed by atoms with Gasteiger partial charge in [-0.25, -0.2) is 0 Å². The van der Waals surface area contributed by atoms with Crippen molar-refractivity contribution in [1.82, 2.24) is 9.55 Å². The monoisotopic (exact) mass is 361 g/mol. The second kappa shape index (κ2) is 5.95. The van der Waals surface area contributed by atoms with E-state index in [9.17, 15) is 0 Å². The van der Waals surface area contributed by atoms with Gasteiger partial charge in [-0.1, -0.05) is 0 Å². The number of nitrogens with zero attached hydrogens (tertiary/aromatic N) is 3. The number of morpholine rings is 1. The lowest BCUT2D eigenvalue weighted by Gasteiger charge is -2.32. The van der Waals surface area contributed by atoms with Crippen LogP contribution < -0.4 is 10.5 Å². The maximum Gasteiger partial charge on any atom is 0.517 e. The fraction of sp³-hybridized carbons (Fsp3) is 0.588. The molecule has 0 saturated carbocycles. The van der Waals surface area contributed by atoms with E-state index in [2.05, 4.69) is 65.3 Å². The first kappa shape index (κ1) is 17.3. The van der Waals surface area contributed by atoms with Gasteiger partial charge in [-0.15, -0.1) is 0 Å². The number of anilines is 1. The van der Waals surface area contributed by atoms with Gasteiger partial charge in [-0.3, -0.25) is 4.45 Å². The van der Waals surface area contributed by atoms with E-state index in [0.717, 1.165) is 42.8 Å². The predicted octanol–water partition coefficient (Wildman–Crippen LogP) is 1.81. The van der Waals surface area contributed by atoms with Crippen molar-refractivity contribution in [3.63, 3.8) is 0 Å². The standard InChI is InChI=1S/C17H25BN3O3P/c1-16(2)17(3,4)24-18(23-16)15-13-11-12(20-7-9-22-10-8-20)5-6-14(13)21(25)19-15/h5-6,11H,7-10,25H2,1-4H3. The van der Waals surface area contributed by atoms with Gasteiger partial charge in [0.15, 0.2) is 0 Å². The molecule has 1 atom stereocenters. The van der Waals surface area contributed by atoms with Crippen LogP contribution in [0.5, 0.6) is 0 Å². The molecule has 0 aliphatic carbocycles. The SMILES string of the molecule is CC1(C)OB(c2nn(P)c3ccc(N4CCOCC4)cc23)OC1(C)C. The van der Waals surface area contributed by atoms with Crippen LogP contribution in [0.2, 0.25) is 0 Å². The molecule has 0 spiro atoms. The van der Waals surface area contributed by atoms with Crippen molar-refractivity contribution in [3.8, 4) is 0 Å². The molecule has 2 aromatic rings. The molecule has 2 aliphatic heterocycles. The number of benzene rings is 1. The summed E-state index contributed by atoms with van der Waals surface area (Å²) in [5.74, 6) is 0. The fourth-order valence-electron chi connectivity index (χ4n) is 3.30. The van der Waals surface area contributed by atoms with Crippen molar-refractivity contribution in [2.24, 2.45) is 0 Å². The summed E-state index contributed by atoms with van der Waals surface area (Å²) in [7, 11) is 2.18. The van der Waals surface area contributed by atoms with E-state index in [4.69, 9.17) is 14.0 Å². The minimum atomic E-state index is -0.464. The second-order valence-electron chi connectivity index (χ2n) is 7.72. The highest BCUT2D eigenvalue weighted by Gasteiger charge is 2.53. The Labute approximate surface area is 151 Å². The van der Waals surface area contributed by atoms with Crippen molar-refractivity contribution in [2.45, 2.75) is 38.9 Å². The lowest BCUT2D eigenvalue weighted by atomic mass is 9.82. The number of fused-ring (bicyclic) bond motifs is 1. The van der Waals surface area contributed by atoms with Crippen molar-refractivity contribution < 1.29 is 14.0 Å². The zero-order chi connectivity index (χ0) is 17.8. The molecule has 1 aromatic carbocycles. The van der Waals surface area contributed by atoms with Crippen LogP contribution in [-0.4, -0.2) is 54.2 Å². The number of ether oxygens (including phenoxy) is 1. The summed E-state index contributed by atoms with van der Waals surface area (Å²) in [6.07, 6.45) is 0. The molecule has 2 saturated heterocycles. The number of aromatic nitrogens is 2. The topological polar surface area (TPSA) is 48.8 Å². The van der Waals surface area contributed by atoms with Crippen LogP contribution in [0.1, 0.15) is 27.7 Å². The zero-order valence-corrected chi connectivity index (χ0v) is 16.4. The Hall–Kier alpha value is -1.14. The van der Waals surface area contributed by atoms with Crippen LogP contribution in [0.25, 0.3) is 10.9 Å². The fourth-order valence-corrected chi connectivity index (χ4v) is 3.65. The Kier molecular flexibility index (Phi) is 4.11. The van der Waals surface area contributed by atoms with Gasteiger partial charge in [0.25, 0.3) is 0 Å². The van der Waals surface area contributed by atoms with Crippen LogP contribution >= 0.6 is 9.39 Å². The second-order valence-corrected chi connectivity index (χ2v) is 8.21. The van der Waals surface area contributed by atoms with Crippen LogP contribution in [-0.2, 0) is 14.0 Å². The lowest BCUT2D eigenvalue weighted by molar-refractivity contribution is 0.00578. The van der Waals surface area contributed by atoms with Gasteiger partial charge in [0, 0.05) is 24.2 Å². The molecule has 8 heteroatoms. The minimum Gasteiger partial charge on any atom is -0.398 e. The molecule has 25 heavy (non-hydrogen) atoms. The van der Waals surface area contributed by atoms with Gasteiger partial charge in [-0.2, -0.15) is 5.10 Å². The van der Waals surface area contributed by atoms with Crippen LogP contribution in [0.4, 0.5) is 5.69 Å². The third-order valence-electron chi connectivity index (χ3n) is 5.57. The Morgan fingerprint density at radius 3 is 2.36 bits per heavy atom. The highest BCUT2D eigenvalue weighted by molar-refractivity contribution is 7.14. The van der Waals surface area contributed by atoms with Gasteiger partial charge >= 0.3 is 7.12 Å². The first-order chi connectivity index (χ1) is 11.8. The molecule has 2 fully saturated rings. The van der Waals surface area contributed by atoms with Gasteiger partial charge < -0.3 is 18.9 Å². The molecule has 4 rings (SSSR count). The summed E-state index contributed by atoms with van der Waals surface area (Å²) < 4.78 is 19.7. The normalized spacial score (nSPS) is 22.8. The lowest BCUT2D eigenvalue weighted by Crippen LogP contribution is -2.41. The molecular weight excluding hydrogens is 336 g/mol. The largest absolute Gasteiger partial charge is 0.517 e. The molecular formula is C17H25BN3O3P. The van der Waals surface area contributed by atoms with Gasteiger partial charge in [0.1, 0.15) is 5.59 Å². The van der Waals surface area contributed by atoms with E-state index in [0.29, 0.717) is 0 Å². The molecule has 134 valence electrons. The van der Waals surface area contributed by atoms with E-state index < -0.39 is 7.12 Å². The van der Waals surface area contributed by atoms with Crippen LogP contribution in [0.15, 0.2) is 18.2 Å². The first-order valence-corrected chi connectivity index (χ1v) is 9.26. The van der Waals surface area contributed by atoms with E-state index in [-0.39, 0.29) is 11.2 Å². The Morgan fingerprint density at radius 1 is 1.08 bits per heavy atom. The van der Waals surface area contributed by atoms with Gasteiger partial charge in [0.05, 0.1) is 29.9 Å². The maximum absolute atomic E-state index is 6.22. The summed E-state index contributed by atoms with van der Waals surface area (Å²) in [5.41, 5.74) is 2.31. The quantitative estimate of drug-likeness (QED) is 0.603. The minimum absolute atomic E-state index is 0.378. The van der Waals surface area contributed by atoms with Crippen molar-refractivity contribution in [3.05, 3.63) is 18.2 Å². The molecule has 0 N–H and O–H groups in total. The average molecular weight is 361 g/mol. The maximum atomic E-state index is 6.22. The number of hydrogen-bond donors (Lipinski definition) is 0. The summed E-state index contributed by atoms with van der Waals surface area (Å²) in [4.78, 5) is 2.34. The third-order valence-corrected chi connectivity index (χ3v) is 5.96. The Balaban J connectivity index is 1.74. The molecule has 0 bridgehead atoms. The first-order valence-electron chi connectivity index (χ1n) is 8.75. The summed E-state index contributed by atoms with van der Waals surface area (Å²) >= 11 is 0. The van der Waals surface area contributed by atoms with Crippen molar-refractivity contribution in [2.75, 3.05) is 31.2 Å². The summed E-state index contributed by atoms with van der Waals surface area (Å²) in [5, 5.41) is 5.74.